The maximum Gasteiger partial charge on any atom is 0.143 e. The van der Waals surface area contributed by atoms with Crippen molar-refractivity contribution >= 4 is 5.84 Å². The van der Waals surface area contributed by atoms with Crippen LogP contribution in [0.2, 0.25) is 0 Å². The lowest BCUT2D eigenvalue weighted by Crippen LogP contribution is -2.42. The average Bonchev–Trinajstić information content (AvgIpc) is 2.31. The SMILES string of the molecule is CCC1(C)CCN(CC(C)C(N)=NO)CC1. The molecule has 1 saturated heterocycles. The van der Waals surface area contributed by atoms with Gasteiger partial charge in [-0.05, 0) is 31.3 Å². The number of oxime groups is 1. The molecular weight excluding hydrogens is 202 g/mol. The third-order valence-corrected chi connectivity index (χ3v) is 4.07. The quantitative estimate of drug-likeness (QED) is 0.333. The Balaban J connectivity index is 2.38. The largest absolute Gasteiger partial charge is 0.409 e. The lowest BCUT2D eigenvalue weighted by molar-refractivity contribution is 0.109. The Labute approximate surface area is 98.5 Å². The third kappa shape index (κ3) is 3.37. The van der Waals surface area contributed by atoms with Gasteiger partial charge in [0.2, 0.25) is 0 Å². The normalized spacial score (nSPS) is 24.3. The Hall–Kier alpha value is -0.770. The smallest absolute Gasteiger partial charge is 0.143 e. The van der Waals surface area contributed by atoms with E-state index in [1.165, 1.54) is 19.3 Å². The number of rotatable bonds is 4. The fraction of sp³-hybridized carbons (Fsp3) is 0.917. The van der Waals surface area contributed by atoms with Gasteiger partial charge < -0.3 is 15.8 Å². The van der Waals surface area contributed by atoms with E-state index in [0.29, 0.717) is 11.3 Å². The van der Waals surface area contributed by atoms with E-state index in [1.807, 2.05) is 6.92 Å². The topological polar surface area (TPSA) is 61.8 Å². The van der Waals surface area contributed by atoms with Gasteiger partial charge in [0.1, 0.15) is 5.84 Å². The van der Waals surface area contributed by atoms with Crippen LogP contribution in [0.4, 0.5) is 0 Å². The van der Waals surface area contributed by atoms with Crippen LogP contribution >= 0.6 is 0 Å². The van der Waals surface area contributed by atoms with E-state index in [4.69, 9.17) is 10.9 Å². The molecule has 0 aromatic rings. The minimum atomic E-state index is 0.135. The summed E-state index contributed by atoms with van der Waals surface area (Å²) in [7, 11) is 0. The fourth-order valence-corrected chi connectivity index (χ4v) is 2.21. The first-order valence-electron chi connectivity index (χ1n) is 6.20. The first-order chi connectivity index (χ1) is 7.50. The molecule has 0 aromatic heterocycles. The Morgan fingerprint density at radius 2 is 2.06 bits per heavy atom. The van der Waals surface area contributed by atoms with Crippen molar-refractivity contribution < 1.29 is 5.21 Å². The van der Waals surface area contributed by atoms with Gasteiger partial charge in [-0.3, -0.25) is 0 Å². The Morgan fingerprint density at radius 1 is 1.50 bits per heavy atom. The summed E-state index contributed by atoms with van der Waals surface area (Å²) in [5.74, 6) is 0.472. The predicted octanol–water partition coefficient (Wildman–Crippen LogP) is 1.88. The van der Waals surface area contributed by atoms with E-state index in [2.05, 4.69) is 23.9 Å². The van der Waals surface area contributed by atoms with E-state index in [0.717, 1.165) is 19.6 Å². The molecule has 0 bridgehead atoms. The lowest BCUT2D eigenvalue weighted by Gasteiger charge is -2.39. The summed E-state index contributed by atoms with van der Waals surface area (Å²) in [5, 5.41) is 11.7. The van der Waals surface area contributed by atoms with E-state index in [9.17, 15) is 0 Å². The molecule has 1 aliphatic heterocycles. The van der Waals surface area contributed by atoms with Crippen LogP contribution in [0.5, 0.6) is 0 Å². The molecule has 0 saturated carbocycles. The van der Waals surface area contributed by atoms with Gasteiger partial charge in [-0.25, -0.2) is 0 Å². The fourth-order valence-electron chi connectivity index (χ4n) is 2.21. The van der Waals surface area contributed by atoms with Gasteiger partial charge >= 0.3 is 0 Å². The van der Waals surface area contributed by atoms with Gasteiger partial charge in [0.05, 0.1) is 0 Å². The van der Waals surface area contributed by atoms with Gasteiger partial charge in [0, 0.05) is 12.5 Å². The monoisotopic (exact) mass is 227 g/mol. The summed E-state index contributed by atoms with van der Waals surface area (Å²) in [6.07, 6.45) is 3.77. The van der Waals surface area contributed by atoms with Crippen molar-refractivity contribution in [2.24, 2.45) is 22.2 Å². The maximum absolute atomic E-state index is 8.60. The van der Waals surface area contributed by atoms with E-state index >= 15 is 0 Å². The van der Waals surface area contributed by atoms with Gasteiger partial charge in [0.25, 0.3) is 0 Å². The van der Waals surface area contributed by atoms with E-state index in [1.54, 1.807) is 0 Å². The van der Waals surface area contributed by atoms with Crippen molar-refractivity contribution in [1.29, 1.82) is 0 Å². The van der Waals surface area contributed by atoms with Crippen LogP contribution in [-0.4, -0.2) is 35.6 Å². The predicted molar refractivity (Wildman–Crippen MR) is 66.6 cm³/mol. The zero-order valence-corrected chi connectivity index (χ0v) is 10.7. The van der Waals surface area contributed by atoms with Crippen LogP contribution in [0.1, 0.15) is 40.0 Å². The Morgan fingerprint density at radius 3 is 2.50 bits per heavy atom. The first-order valence-corrected chi connectivity index (χ1v) is 6.20. The van der Waals surface area contributed by atoms with Crippen molar-refractivity contribution in [3.05, 3.63) is 0 Å². The molecule has 1 rings (SSSR count). The van der Waals surface area contributed by atoms with Gasteiger partial charge in [-0.15, -0.1) is 0 Å². The Bertz CT molecular complexity index is 245. The number of piperidine rings is 1. The summed E-state index contributed by atoms with van der Waals surface area (Å²) in [5.41, 5.74) is 6.11. The molecule has 0 amide bonds. The number of nitrogens with two attached hydrogens (primary N) is 1. The molecule has 94 valence electrons. The lowest BCUT2D eigenvalue weighted by atomic mass is 9.78. The van der Waals surface area contributed by atoms with Crippen LogP contribution in [0.25, 0.3) is 0 Å². The zero-order chi connectivity index (χ0) is 12.2. The molecule has 1 fully saturated rings. The summed E-state index contributed by atoms with van der Waals surface area (Å²) in [4.78, 5) is 2.42. The highest BCUT2D eigenvalue weighted by molar-refractivity contribution is 5.82. The molecule has 0 radical (unpaired) electrons. The molecule has 0 aliphatic carbocycles. The van der Waals surface area contributed by atoms with Crippen LogP contribution in [0.15, 0.2) is 5.16 Å². The van der Waals surface area contributed by atoms with Crippen LogP contribution in [0.3, 0.4) is 0 Å². The maximum atomic E-state index is 8.60. The van der Waals surface area contributed by atoms with Gasteiger partial charge in [-0.2, -0.15) is 0 Å². The van der Waals surface area contributed by atoms with Crippen LogP contribution in [-0.2, 0) is 0 Å². The highest BCUT2D eigenvalue weighted by atomic mass is 16.4. The molecule has 4 nitrogen and oxygen atoms in total. The molecule has 1 heterocycles. The standard InChI is InChI=1S/C12H25N3O/c1-4-12(3)5-7-15(8-6-12)9-10(2)11(13)14-16/h10,16H,4-9H2,1-3H3,(H2,13,14). The molecule has 0 aromatic carbocycles. The summed E-state index contributed by atoms with van der Waals surface area (Å²) >= 11 is 0. The van der Waals surface area contributed by atoms with Crippen molar-refractivity contribution in [1.82, 2.24) is 4.90 Å². The van der Waals surface area contributed by atoms with Crippen LogP contribution in [0, 0.1) is 11.3 Å². The molecule has 1 unspecified atom stereocenters. The number of nitrogens with zero attached hydrogens (tertiary/aromatic N) is 2. The number of amidine groups is 1. The van der Waals surface area contributed by atoms with Crippen molar-refractivity contribution in [3.8, 4) is 0 Å². The number of hydrogen-bond donors (Lipinski definition) is 2. The number of hydrogen-bond acceptors (Lipinski definition) is 3. The minimum Gasteiger partial charge on any atom is -0.409 e. The molecule has 4 heteroatoms. The molecule has 1 atom stereocenters. The summed E-state index contributed by atoms with van der Waals surface area (Å²) in [6, 6.07) is 0. The van der Waals surface area contributed by atoms with Crippen LogP contribution < -0.4 is 5.73 Å². The first kappa shape index (κ1) is 13.3. The minimum absolute atomic E-state index is 0.135. The van der Waals surface area contributed by atoms with E-state index < -0.39 is 0 Å². The molecule has 3 N–H and O–H groups in total. The molecule has 0 spiro atoms. The number of likely N-dealkylation sites (tertiary alicyclic amines) is 1. The molecular formula is C12H25N3O. The zero-order valence-electron chi connectivity index (χ0n) is 10.7. The highest BCUT2D eigenvalue weighted by Gasteiger charge is 2.28. The second-order valence-corrected chi connectivity index (χ2v) is 5.39. The van der Waals surface area contributed by atoms with E-state index in [-0.39, 0.29) is 5.92 Å². The summed E-state index contributed by atoms with van der Waals surface area (Å²) < 4.78 is 0. The average molecular weight is 227 g/mol. The van der Waals surface area contributed by atoms with Gasteiger partial charge in [0.15, 0.2) is 0 Å². The Kier molecular flexibility index (Phi) is 4.59. The molecule has 1 aliphatic rings. The highest BCUT2D eigenvalue weighted by Crippen LogP contribution is 2.33. The van der Waals surface area contributed by atoms with Crippen molar-refractivity contribution in [2.75, 3.05) is 19.6 Å². The third-order valence-electron chi connectivity index (χ3n) is 4.07. The second kappa shape index (κ2) is 5.53. The van der Waals surface area contributed by atoms with Crippen molar-refractivity contribution in [2.45, 2.75) is 40.0 Å². The molecule has 16 heavy (non-hydrogen) atoms. The van der Waals surface area contributed by atoms with Gasteiger partial charge in [-0.1, -0.05) is 32.3 Å². The van der Waals surface area contributed by atoms with Crippen molar-refractivity contribution in [3.63, 3.8) is 0 Å². The summed E-state index contributed by atoms with van der Waals surface area (Å²) in [6.45, 7) is 9.81. The second-order valence-electron chi connectivity index (χ2n) is 5.39.